The smallest absolute Gasteiger partial charge is 0.243 e. The second-order valence-electron chi connectivity index (χ2n) is 5.24. The minimum Gasteiger partial charge on any atom is -0.316 e. The van der Waals surface area contributed by atoms with Crippen LogP contribution in [-0.4, -0.2) is 38.9 Å². The molecular formula is C14H23ClN2O2S. The number of halogens is 1. The Morgan fingerprint density at radius 2 is 1.95 bits per heavy atom. The Labute approximate surface area is 128 Å². The molecule has 1 aromatic rings. The standard InChI is InChI=1S/C14H22N2O2S.ClH/c1-11-6-7-14(9-12(11)2)19(17,18)16-8-4-5-13(10-16)15-3;/h6-7,9,13,15H,4-5,8,10H2,1-3H3;1H. The molecular weight excluding hydrogens is 296 g/mol. The molecule has 114 valence electrons. The van der Waals surface area contributed by atoms with E-state index in [1.807, 2.05) is 27.0 Å². The van der Waals surface area contributed by atoms with Crippen LogP contribution in [-0.2, 0) is 10.0 Å². The van der Waals surface area contributed by atoms with Gasteiger partial charge >= 0.3 is 0 Å². The summed E-state index contributed by atoms with van der Waals surface area (Å²) in [6.45, 7) is 5.11. The van der Waals surface area contributed by atoms with E-state index < -0.39 is 10.0 Å². The zero-order valence-corrected chi connectivity index (χ0v) is 13.9. The Balaban J connectivity index is 0.00000200. The van der Waals surface area contributed by atoms with Crippen molar-refractivity contribution >= 4 is 22.4 Å². The van der Waals surface area contributed by atoms with Gasteiger partial charge < -0.3 is 5.32 Å². The first-order chi connectivity index (χ1) is 8.95. The van der Waals surface area contributed by atoms with E-state index in [-0.39, 0.29) is 18.4 Å². The molecule has 0 saturated carbocycles. The van der Waals surface area contributed by atoms with Crippen LogP contribution in [0.5, 0.6) is 0 Å². The van der Waals surface area contributed by atoms with Crippen LogP contribution in [0.25, 0.3) is 0 Å². The summed E-state index contributed by atoms with van der Waals surface area (Å²) < 4.78 is 26.8. The first-order valence-corrected chi connectivity index (χ1v) is 8.14. The highest BCUT2D eigenvalue weighted by molar-refractivity contribution is 7.89. The summed E-state index contributed by atoms with van der Waals surface area (Å²) in [5, 5.41) is 3.17. The summed E-state index contributed by atoms with van der Waals surface area (Å²) in [6.07, 6.45) is 1.95. The van der Waals surface area contributed by atoms with Crippen molar-refractivity contribution in [2.24, 2.45) is 0 Å². The fraction of sp³-hybridized carbons (Fsp3) is 0.571. The van der Waals surface area contributed by atoms with E-state index in [0.717, 1.165) is 24.0 Å². The van der Waals surface area contributed by atoms with Crippen molar-refractivity contribution in [1.82, 2.24) is 9.62 Å². The molecule has 4 nitrogen and oxygen atoms in total. The third-order valence-corrected chi connectivity index (χ3v) is 5.77. The highest BCUT2D eigenvalue weighted by Crippen LogP contribution is 2.22. The van der Waals surface area contributed by atoms with E-state index in [2.05, 4.69) is 5.32 Å². The van der Waals surface area contributed by atoms with Gasteiger partial charge in [0.25, 0.3) is 0 Å². The van der Waals surface area contributed by atoms with E-state index in [1.54, 1.807) is 16.4 Å². The van der Waals surface area contributed by atoms with E-state index in [1.165, 1.54) is 0 Å². The summed E-state index contributed by atoms with van der Waals surface area (Å²) in [4.78, 5) is 0.410. The number of aryl methyl sites for hydroxylation is 2. The summed E-state index contributed by atoms with van der Waals surface area (Å²) in [5.74, 6) is 0. The number of benzene rings is 1. The van der Waals surface area contributed by atoms with Crippen LogP contribution >= 0.6 is 12.4 Å². The summed E-state index contributed by atoms with van der Waals surface area (Å²) in [7, 11) is -1.47. The van der Waals surface area contributed by atoms with Gasteiger partial charge in [0, 0.05) is 19.1 Å². The molecule has 1 aliphatic rings. The van der Waals surface area contributed by atoms with Gasteiger partial charge in [-0.25, -0.2) is 8.42 Å². The van der Waals surface area contributed by atoms with E-state index in [0.29, 0.717) is 18.0 Å². The minimum absolute atomic E-state index is 0. The fourth-order valence-corrected chi connectivity index (χ4v) is 4.03. The van der Waals surface area contributed by atoms with Crippen LogP contribution in [0, 0.1) is 13.8 Å². The van der Waals surface area contributed by atoms with Crippen LogP contribution < -0.4 is 5.32 Å². The van der Waals surface area contributed by atoms with Gasteiger partial charge in [0.15, 0.2) is 0 Å². The molecule has 0 spiro atoms. The van der Waals surface area contributed by atoms with Gasteiger partial charge in [0.1, 0.15) is 0 Å². The average Bonchev–Trinajstić information content (AvgIpc) is 2.41. The largest absolute Gasteiger partial charge is 0.316 e. The zero-order valence-electron chi connectivity index (χ0n) is 12.2. The molecule has 1 heterocycles. The Morgan fingerprint density at radius 1 is 1.25 bits per heavy atom. The molecule has 0 amide bonds. The molecule has 1 fully saturated rings. The van der Waals surface area contributed by atoms with E-state index in [4.69, 9.17) is 0 Å². The van der Waals surface area contributed by atoms with Crippen molar-refractivity contribution < 1.29 is 8.42 Å². The zero-order chi connectivity index (χ0) is 14.0. The second kappa shape index (κ2) is 6.89. The molecule has 1 aromatic carbocycles. The quantitative estimate of drug-likeness (QED) is 0.928. The molecule has 0 bridgehead atoms. The van der Waals surface area contributed by atoms with Crippen molar-refractivity contribution in [3.8, 4) is 0 Å². The lowest BCUT2D eigenvalue weighted by Gasteiger charge is -2.31. The topological polar surface area (TPSA) is 49.4 Å². The van der Waals surface area contributed by atoms with Gasteiger partial charge in [0.2, 0.25) is 10.0 Å². The molecule has 0 radical (unpaired) electrons. The Morgan fingerprint density at radius 3 is 2.55 bits per heavy atom. The molecule has 2 rings (SSSR count). The minimum atomic E-state index is -3.35. The summed E-state index contributed by atoms with van der Waals surface area (Å²) >= 11 is 0. The van der Waals surface area contributed by atoms with E-state index >= 15 is 0 Å². The molecule has 1 aliphatic heterocycles. The molecule has 1 unspecified atom stereocenters. The molecule has 0 aliphatic carbocycles. The van der Waals surface area contributed by atoms with Crippen LogP contribution in [0.4, 0.5) is 0 Å². The third-order valence-electron chi connectivity index (χ3n) is 3.91. The lowest BCUT2D eigenvalue weighted by Crippen LogP contribution is -2.46. The van der Waals surface area contributed by atoms with Crippen molar-refractivity contribution in [2.45, 2.75) is 37.6 Å². The van der Waals surface area contributed by atoms with E-state index in [9.17, 15) is 8.42 Å². The van der Waals surface area contributed by atoms with Gasteiger partial charge in [-0.3, -0.25) is 0 Å². The number of piperidine rings is 1. The predicted octanol–water partition coefficient (Wildman–Crippen LogP) is 2.10. The summed E-state index contributed by atoms with van der Waals surface area (Å²) in [5.41, 5.74) is 2.13. The molecule has 1 N–H and O–H groups in total. The first-order valence-electron chi connectivity index (χ1n) is 6.70. The fourth-order valence-electron chi connectivity index (χ4n) is 2.42. The second-order valence-corrected chi connectivity index (χ2v) is 7.17. The maximum Gasteiger partial charge on any atom is 0.243 e. The van der Waals surface area contributed by atoms with Gasteiger partial charge in [-0.15, -0.1) is 12.4 Å². The maximum absolute atomic E-state index is 12.6. The molecule has 6 heteroatoms. The van der Waals surface area contributed by atoms with Gasteiger partial charge in [0.05, 0.1) is 4.90 Å². The number of hydrogen-bond acceptors (Lipinski definition) is 3. The van der Waals surface area contributed by atoms with Gasteiger partial charge in [-0.1, -0.05) is 6.07 Å². The molecule has 1 saturated heterocycles. The SMILES string of the molecule is CNC1CCCN(S(=O)(=O)c2ccc(C)c(C)c2)C1.Cl. The highest BCUT2D eigenvalue weighted by Gasteiger charge is 2.29. The monoisotopic (exact) mass is 318 g/mol. The number of sulfonamides is 1. The number of likely N-dealkylation sites (N-methyl/N-ethyl adjacent to an activating group) is 1. The lowest BCUT2D eigenvalue weighted by molar-refractivity contribution is 0.293. The van der Waals surface area contributed by atoms with Crippen molar-refractivity contribution in [3.05, 3.63) is 29.3 Å². The van der Waals surface area contributed by atoms with Gasteiger partial charge in [-0.05, 0) is 57.0 Å². The predicted molar refractivity (Wildman–Crippen MR) is 84.0 cm³/mol. The van der Waals surface area contributed by atoms with Crippen LogP contribution in [0.1, 0.15) is 24.0 Å². The molecule has 20 heavy (non-hydrogen) atoms. The highest BCUT2D eigenvalue weighted by atomic mass is 35.5. The Bertz CT molecular complexity index is 560. The molecule has 1 atom stereocenters. The Kier molecular flexibility index (Phi) is 6.01. The third kappa shape index (κ3) is 3.52. The van der Waals surface area contributed by atoms with Crippen LogP contribution in [0.2, 0.25) is 0 Å². The first kappa shape index (κ1) is 17.4. The number of rotatable bonds is 3. The normalized spacial score (nSPS) is 20.4. The van der Waals surface area contributed by atoms with Crippen LogP contribution in [0.3, 0.4) is 0 Å². The lowest BCUT2D eigenvalue weighted by atomic mass is 10.1. The number of nitrogens with zero attached hydrogens (tertiary/aromatic N) is 1. The van der Waals surface area contributed by atoms with Crippen LogP contribution in [0.15, 0.2) is 23.1 Å². The number of nitrogens with one attached hydrogen (secondary N) is 1. The maximum atomic E-state index is 12.6. The average molecular weight is 319 g/mol. The molecule has 0 aromatic heterocycles. The van der Waals surface area contributed by atoms with Crippen molar-refractivity contribution in [2.75, 3.05) is 20.1 Å². The number of hydrogen-bond donors (Lipinski definition) is 1. The Hall–Kier alpha value is -0.620. The van der Waals surface area contributed by atoms with Gasteiger partial charge in [-0.2, -0.15) is 4.31 Å². The van der Waals surface area contributed by atoms with Crippen molar-refractivity contribution in [3.63, 3.8) is 0 Å². The van der Waals surface area contributed by atoms with Crippen molar-refractivity contribution in [1.29, 1.82) is 0 Å². The summed E-state index contributed by atoms with van der Waals surface area (Å²) in [6, 6.07) is 5.62.